The van der Waals surface area contributed by atoms with Crippen LogP contribution in [-0.2, 0) is 4.74 Å². The highest BCUT2D eigenvalue weighted by Crippen LogP contribution is 1.97. The number of carbonyl (C=O) groups excluding carboxylic acids is 1. The van der Waals surface area contributed by atoms with Gasteiger partial charge in [-0.05, 0) is 6.42 Å². The van der Waals surface area contributed by atoms with Crippen molar-refractivity contribution in [2.75, 3.05) is 38.7 Å². The van der Waals surface area contributed by atoms with Gasteiger partial charge in [-0.2, -0.15) is 0 Å². The largest absolute Gasteiger partial charge is 0.449 e. The number of nitrogens with zero attached hydrogens (tertiary/aromatic N) is 1. The molecular formula is C8H15ClN2O2. The molecule has 1 saturated heterocycles. The van der Waals surface area contributed by atoms with E-state index in [1.165, 1.54) is 0 Å². The molecule has 0 aromatic rings. The molecule has 1 amide bonds. The smallest absolute Gasteiger partial charge is 0.409 e. The lowest BCUT2D eigenvalue weighted by Crippen LogP contribution is -2.46. The Balaban J connectivity index is 2.13. The fourth-order valence-corrected chi connectivity index (χ4v) is 1.26. The van der Waals surface area contributed by atoms with Crippen molar-refractivity contribution in [1.29, 1.82) is 0 Å². The number of alkyl halides is 1. The normalized spacial score (nSPS) is 17.2. The summed E-state index contributed by atoms with van der Waals surface area (Å²) in [5.74, 6) is 0.537. The quantitative estimate of drug-likeness (QED) is 0.545. The molecule has 76 valence electrons. The molecule has 4 nitrogen and oxygen atoms in total. The summed E-state index contributed by atoms with van der Waals surface area (Å²) in [5, 5.41) is 3.17. The van der Waals surface area contributed by atoms with Crippen LogP contribution in [0.2, 0.25) is 0 Å². The van der Waals surface area contributed by atoms with Gasteiger partial charge in [0.15, 0.2) is 0 Å². The van der Waals surface area contributed by atoms with Crippen molar-refractivity contribution in [2.24, 2.45) is 0 Å². The molecule has 0 radical (unpaired) electrons. The Kier molecular flexibility index (Phi) is 4.93. The maximum atomic E-state index is 11.3. The molecule has 0 saturated carbocycles. The van der Waals surface area contributed by atoms with Crippen LogP contribution in [0.3, 0.4) is 0 Å². The molecule has 0 spiro atoms. The van der Waals surface area contributed by atoms with E-state index in [1.807, 2.05) is 0 Å². The predicted molar refractivity (Wildman–Crippen MR) is 51.1 cm³/mol. The van der Waals surface area contributed by atoms with Gasteiger partial charge in [0.2, 0.25) is 0 Å². The van der Waals surface area contributed by atoms with E-state index in [9.17, 15) is 4.79 Å². The van der Waals surface area contributed by atoms with E-state index in [0.29, 0.717) is 12.5 Å². The van der Waals surface area contributed by atoms with E-state index < -0.39 is 0 Å². The molecule has 5 heteroatoms. The van der Waals surface area contributed by atoms with Gasteiger partial charge in [-0.15, -0.1) is 11.6 Å². The topological polar surface area (TPSA) is 41.6 Å². The molecule has 0 unspecified atom stereocenters. The van der Waals surface area contributed by atoms with Gasteiger partial charge in [-0.25, -0.2) is 4.79 Å². The van der Waals surface area contributed by atoms with Crippen LogP contribution in [0.25, 0.3) is 0 Å². The second-order valence-electron chi connectivity index (χ2n) is 2.89. The number of hydrogen-bond donors (Lipinski definition) is 1. The van der Waals surface area contributed by atoms with Gasteiger partial charge in [0.25, 0.3) is 0 Å². The second-order valence-corrected chi connectivity index (χ2v) is 3.27. The number of nitrogens with one attached hydrogen (secondary N) is 1. The van der Waals surface area contributed by atoms with Gasteiger partial charge in [-0.3, -0.25) is 0 Å². The van der Waals surface area contributed by atoms with Gasteiger partial charge in [-0.1, -0.05) is 0 Å². The molecule has 1 heterocycles. The van der Waals surface area contributed by atoms with Crippen LogP contribution in [0.1, 0.15) is 6.42 Å². The lowest BCUT2D eigenvalue weighted by atomic mass is 10.4. The molecule has 1 aliphatic rings. The molecule has 1 fully saturated rings. The Morgan fingerprint density at radius 2 is 2.15 bits per heavy atom. The number of piperazine rings is 1. The fourth-order valence-electron chi connectivity index (χ4n) is 1.15. The van der Waals surface area contributed by atoms with E-state index >= 15 is 0 Å². The van der Waals surface area contributed by atoms with E-state index in [0.717, 1.165) is 32.6 Å². The molecule has 1 rings (SSSR count). The van der Waals surface area contributed by atoms with Crippen LogP contribution in [0.5, 0.6) is 0 Å². The summed E-state index contributed by atoms with van der Waals surface area (Å²) in [6.45, 7) is 3.60. The zero-order chi connectivity index (χ0) is 9.52. The first kappa shape index (κ1) is 10.6. The summed E-state index contributed by atoms with van der Waals surface area (Å²) in [4.78, 5) is 13.0. The maximum Gasteiger partial charge on any atom is 0.409 e. The van der Waals surface area contributed by atoms with E-state index in [2.05, 4.69) is 5.32 Å². The van der Waals surface area contributed by atoms with Crippen molar-refractivity contribution in [1.82, 2.24) is 10.2 Å². The summed E-state index contributed by atoms with van der Waals surface area (Å²) < 4.78 is 5.00. The van der Waals surface area contributed by atoms with Crippen molar-refractivity contribution in [3.05, 3.63) is 0 Å². The minimum atomic E-state index is -0.216. The zero-order valence-corrected chi connectivity index (χ0v) is 8.35. The minimum absolute atomic E-state index is 0.216. The van der Waals surface area contributed by atoms with Crippen molar-refractivity contribution >= 4 is 17.7 Å². The Morgan fingerprint density at radius 3 is 2.77 bits per heavy atom. The van der Waals surface area contributed by atoms with Crippen molar-refractivity contribution in [2.45, 2.75) is 6.42 Å². The summed E-state index contributed by atoms with van der Waals surface area (Å²) in [6.07, 6.45) is 0.506. The number of rotatable bonds is 3. The summed E-state index contributed by atoms with van der Waals surface area (Å²) in [6, 6.07) is 0. The van der Waals surface area contributed by atoms with Crippen LogP contribution in [0.15, 0.2) is 0 Å². The number of amides is 1. The highest BCUT2D eigenvalue weighted by molar-refractivity contribution is 6.17. The van der Waals surface area contributed by atoms with Crippen molar-refractivity contribution in [3.63, 3.8) is 0 Å². The number of ether oxygens (including phenoxy) is 1. The third kappa shape index (κ3) is 3.83. The molecule has 0 bridgehead atoms. The highest BCUT2D eigenvalue weighted by Gasteiger charge is 2.16. The summed E-state index contributed by atoms with van der Waals surface area (Å²) >= 11 is 5.46. The monoisotopic (exact) mass is 206 g/mol. The molecule has 1 N–H and O–H groups in total. The summed E-state index contributed by atoms with van der Waals surface area (Å²) in [5.41, 5.74) is 0. The standard InChI is InChI=1S/C8H15ClN2O2/c9-2-1-7-13-8(12)11-5-3-10-4-6-11/h10H,1-7H2. The number of carbonyl (C=O) groups is 1. The zero-order valence-electron chi connectivity index (χ0n) is 7.59. The molecule has 0 aliphatic carbocycles. The average molecular weight is 207 g/mol. The van der Waals surface area contributed by atoms with Crippen LogP contribution in [0, 0.1) is 0 Å². The Labute approximate surface area is 83.2 Å². The number of halogens is 1. The predicted octanol–water partition coefficient (Wildman–Crippen LogP) is 0.657. The average Bonchev–Trinajstić information content (AvgIpc) is 2.19. The third-order valence-corrected chi connectivity index (χ3v) is 2.15. The number of hydrogen-bond acceptors (Lipinski definition) is 3. The van der Waals surface area contributed by atoms with Gasteiger partial charge >= 0.3 is 6.09 Å². The lowest BCUT2D eigenvalue weighted by molar-refractivity contribution is 0.0980. The molecule has 13 heavy (non-hydrogen) atoms. The van der Waals surface area contributed by atoms with Crippen molar-refractivity contribution in [3.8, 4) is 0 Å². The van der Waals surface area contributed by atoms with Crippen LogP contribution < -0.4 is 5.32 Å². The van der Waals surface area contributed by atoms with Gasteiger partial charge in [0.1, 0.15) is 0 Å². The Bertz CT molecular complexity index is 160. The Hall–Kier alpha value is -0.480. The molecule has 0 aromatic carbocycles. The third-order valence-electron chi connectivity index (χ3n) is 1.88. The summed E-state index contributed by atoms with van der Waals surface area (Å²) in [7, 11) is 0. The van der Waals surface area contributed by atoms with Crippen molar-refractivity contribution < 1.29 is 9.53 Å². The van der Waals surface area contributed by atoms with Crippen LogP contribution >= 0.6 is 11.6 Å². The lowest BCUT2D eigenvalue weighted by Gasteiger charge is -2.26. The van der Waals surface area contributed by atoms with Gasteiger partial charge in [0, 0.05) is 32.1 Å². The second kappa shape index (κ2) is 6.05. The molecule has 0 atom stereocenters. The van der Waals surface area contributed by atoms with Gasteiger partial charge in [0.05, 0.1) is 6.61 Å². The molecular weight excluding hydrogens is 192 g/mol. The highest BCUT2D eigenvalue weighted by atomic mass is 35.5. The van der Waals surface area contributed by atoms with E-state index in [-0.39, 0.29) is 6.09 Å². The SMILES string of the molecule is O=C(OCCCCl)N1CCNCC1. The molecule has 0 aromatic heterocycles. The first-order chi connectivity index (χ1) is 6.34. The maximum absolute atomic E-state index is 11.3. The fraction of sp³-hybridized carbons (Fsp3) is 0.875. The molecule has 1 aliphatic heterocycles. The first-order valence-electron chi connectivity index (χ1n) is 4.53. The van der Waals surface area contributed by atoms with Crippen LogP contribution in [0.4, 0.5) is 4.79 Å². The van der Waals surface area contributed by atoms with Crippen LogP contribution in [-0.4, -0.2) is 49.7 Å². The van der Waals surface area contributed by atoms with E-state index in [1.54, 1.807) is 4.90 Å². The Morgan fingerprint density at radius 1 is 1.46 bits per heavy atom. The minimum Gasteiger partial charge on any atom is -0.449 e. The van der Waals surface area contributed by atoms with Gasteiger partial charge < -0.3 is 15.0 Å². The first-order valence-corrected chi connectivity index (χ1v) is 5.06. The van der Waals surface area contributed by atoms with E-state index in [4.69, 9.17) is 16.3 Å².